The molecule has 1 N–H and O–H groups in total. The summed E-state index contributed by atoms with van der Waals surface area (Å²) in [6, 6.07) is 14.3. The van der Waals surface area contributed by atoms with Crippen LogP contribution in [0, 0.1) is 13.8 Å². The van der Waals surface area contributed by atoms with Gasteiger partial charge in [-0.3, -0.25) is 4.79 Å². The van der Waals surface area contributed by atoms with Crippen molar-refractivity contribution in [1.82, 2.24) is 5.32 Å². The van der Waals surface area contributed by atoms with Crippen LogP contribution in [0.25, 0.3) is 0 Å². The number of fused-ring (bicyclic) bond motifs is 1. The average molecular weight is 265 g/mol. The molecule has 0 saturated carbocycles. The summed E-state index contributed by atoms with van der Waals surface area (Å²) in [5.41, 5.74) is 5.69. The molecule has 0 spiro atoms. The lowest BCUT2D eigenvalue weighted by Crippen LogP contribution is -2.41. The van der Waals surface area contributed by atoms with Crippen LogP contribution in [-0.2, 0) is 13.0 Å². The first kappa shape index (κ1) is 13.1. The molecule has 0 saturated heterocycles. The Labute approximate surface area is 119 Å². The first-order chi connectivity index (χ1) is 9.63. The smallest absolute Gasteiger partial charge is 0.180 e. The van der Waals surface area contributed by atoms with Gasteiger partial charge in [-0.05, 0) is 43.5 Å². The molecule has 102 valence electrons. The summed E-state index contributed by atoms with van der Waals surface area (Å²) in [7, 11) is 0. The van der Waals surface area contributed by atoms with Gasteiger partial charge in [-0.15, -0.1) is 0 Å². The molecule has 1 heterocycles. The van der Waals surface area contributed by atoms with Crippen LogP contribution in [0.1, 0.15) is 32.6 Å². The maximum Gasteiger partial charge on any atom is 0.180 e. The zero-order valence-electron chi connectivity index (χ0n) is 11.9. The second-order valence-electron chi connectivity index (χ2n) is 5.65. The van der Waals surface area contributed by atoms with Crippen molar-refractivity contribution in [2.75, 3.05) is 0 Å². The molecule has 0 aliphatic carbocycles. The summed E-state index contributed by atoms with van der Waals surface area (Å²) >= 11 is 0. The van der Waals surface area contributed by atoms with Gasteiger partial charge in [0.15, 0.2) is 5.78 Å². The molecule has 3 rings (SSSR count). The molecule has 1 unspecified atom stereocenters. The van der Waals surface area contributed by atoms with E-state index in [4.69, 9.17) is 0 Å². The zero-order valence-corrected chi connectivity index (χ0v) is 11.9. The third-order valence-corrected chi connectivity index (χ3v) is 3.90. The van der Waals surface area contributed by atoms with Gasteiger partial charge >= 0.3 is 0 Å². The SMILES string of the molecule is Cc1cc(C)cc(C(=O)C2Cc3ccccc3CN2)c1. The second-order valence-corrected chi connectivity index (χ2v) is 5.65. The van der Waals surface area contributed by atoms with Crippen LogP contribution >= 0.6 is 0 Å². The van der Waals surface area contributed by atoms with E-state index in [-0.39, 0.29) is 11.8 Å². The van der Waals surface area contributed by atoms with Gasteiger partial charge in [-0.25, -0.2) is 0 Å². The molecule has 1 aliphatic rings. The Kier molecular flexibility index (Phi) is 3.41. The average Bonchev–Trinajstić information content (AvgIpc) is 2.45. The molecule has 0 bridgehead atoms. The number of rotatable bonds is 2. The molecule has 0 radical (unpaired) electrons. The minimum atomic E-state index is -0.105. The summed E-state index contributed by atoms with van der Waals surface area (Å²) in [6.07, 6.45) is 0.780. The van der Waals surface area contributed by atoms with E-state index in [2.05, 4.69) is 23.5 Å². The fourth-order valence-corrected chi connectivity index (χ4v) is 2.96. The largest absolute Gasteiger partial charge is 0.303 e. The number of ketones is 1. The van der Waals surface area contributed by atoms with Crippen LogP contribution in [0.15, 0.2) is 42.5 Å². The van der Waals surface area contributed by atoms with E-state index in [9.17, 15) is 4.79 Å². The topological polar surface area (TPSA) is 29.1 Å². The maximum absolute atomic E-state index is 12.7. The maximum atomic E-state index is 12.7. The van der Waals surface area contributed by atoms with Crippen molar-refractivity contribution in [3.05, 3.63) is 70.3 Å². The molecule has 2 aromatic rings. The van der Waals surface area contributed by atoms with Gasteiger partial charge in [0.1, 0.15) is 0 Å². The number of hydrogen-bond acceptors (Lipinski definition) is 2. The first-order valence-electron chi connectivity index (χ1n) is 7.06. The third-order valence-electron chi connectivity index (χ3n) is 3.90. The van der Waals surface area contributed by atoms with Crippen molar-refractivity contribution in [2.24, 2.45) is 0 Å². The molecule has 0 amide bonds. The fourth-order valence-electron chi connectivity index (χ4n) is 2.96. The Morgan fingerprint density at radius 3 is 2.40 bits per heavy atom. The number of nitrogens with one attached hydrogen (secondary N) is 1. The zero-order chi connectivity index (χ0) is 14.1. The van der Waals surface area contributed by atoms with Gasteiger partial charge < -0.3 is 5.32 Å². The monoisotopic (exact) mass is 265 g/mol. The Morgan fingerprint density at radius 2 is 1.70 bits per heavy atom. The number of benzene rings is 2. The van der Waals surface area contributed by atoms with Crippen molar-refractivity contribution in [3.8, 4) is 0 Å². The lowest BCUT2D eigenvalue weighted by atomic mass is 9.90. The van der Waals surface area contributed by atoms with Crippen LogP contribution in [0.3, 0.4) is 0 Å². The number of Topliss-reactive ketones (excluding diaryl/α,β-unsaturated/α-hetero) is 1. The van der Waals surface area contributed by atoms with Gasteiger partial charge in [0.05, 0.1) is 6.04 Å². The molecule has 2 heteroatoms. The van der Waals surface area contributed by atoms with Gasteiger partial charge in [-0.2, -0.15) is 0 Å². The van der Waals surface area contributed by atoms with Crippen LogP contribution in [0.2, 0.25) is 0 Å². The number of hydrogen-bond donors (Lipinski definition) is 1. The molecular formula is C18H19NO. The molecule has 20 heavy (non-hydrogen) atoms. The highest BCUT2D eigenvalue weighted by Gasteiger charge is 2.24. The van der Waals surface area contributed by atoms with Crippen molar-refractivity contribution >= 4 is 5.78 Å². The Balaban J connectivity index is 1.86. The quantitative estimate of drug-likeness (QED) is 0.845. The van der Waals surface area contributed by atoms with E-state index >= 15 is 0 Å². The summed E-state index contributed by atoms with van der Waals surface area (Å²) in [6.45, 7) is 4.85. The van der Waals surface area contributed by atoms with Crippen molar-refractivity contribution in [2.45, 2.75) is 32.9 Å². The standard InChI is InChI=1S/C18H19NO/c1-12-7-13(2)9-16(8-12)18(20)17-10-14-5-3-4-6-15(14)11-19-17/h3-9,17,19H,10-11H2,1-2H3. The summed E-state index contributed by atoms with van der Waals surface area (Å²) in [4.78, 5) is 12.7. The lowest BCUT2D eigenvalue weighted by Gasteiger charge is -2.25. The van der Waals surface area contributed by atoms with E-state index in [0.717, 1.165) is 29.7 Å². The predicted molar refractivity (Wildman–Crippen MR) is 81.0 cm³/mol. The molecule has 1 atom stereocenters. The number of carbonyl (C=O) groups is 1. The molecule has 0 aromatic heterocycles. The van der Waals surface area contributed by atoms with Crippen molar-refractivity contribution in [3.63, 3.8) is 0 Å². The van der Waals surface area contributed by atoms with Gasteiger partial charge in [-0.1, -0.05) is 41.5 Å². The molecule has 0 fully saturated rings. The molecule has 2 aromatic carbocycles. The molecular weight excluding hydrogens is 246 g/mol. The Morgan fingerprint density at radius 1 is 1.05 bits per heavy atom. The van der Waals surface area contributed by atoms with Gasteiger partial charge in [0.25, 0.3) is 0 Å². The van der Waals surface area contributed by atoms with Gasteiger partial charge in [0.2, 0.25) is 0 Å². The van der Waals surface area contributed by atoms with E-state index in [1.165, 1.54) is 11.1 Å². The highest BCUT2D eigenvalue weighted by molar-refractivity contribution is 6.00. The number of carbonyl (C=O) groups excluding carboxylic acids is 1. The van der Waals surface area contributed by atoms with Crippen molar-refractivity contribution < 1.29 is 4.79 Å². The molecule has 1 aliphatic heterocycles. The summed E-state index contributed by atoms with van der Waals surface area (Å²) < 4.78 is 0. The normalized spacial score (nSPS) is 17.6. The second kappa shape index (κ2) is 5.22. The number of aryl methyl sites for hydroxylation is 2. The minimum absolute atomic E-state index is 0.105. The predicted octanol–water partition coefficient (Wildman–Crippen LogP) is 3.20. The van der Waals surface area contributed by atoms with E-state index in [1.807, 2.05) is 38.1 Å². The van der Waals surface area contributed by atoms with E-state index in [0.29, 0.717) is 0 Å². The Bertz CT molecular complexity index is 640. The highest BCUT2D eigenvalue weighted by atomic mass is 16.1. The van der Waals surface area contributed by atoms with Crippen LogP contribution in [-0.4, -0.2) is 11.8 Å². The fraction of sp³-hybridized carbons (Fsp3) is 0.278. The van der Waals surface area contributed by atoms with E-state index in [1.54, 1.807) is 0 Å². The first-order valence-corrected chi connectivity index (χ1v) is 7.06. The van der Waals surface area contributed by atoms with E-state index < -0.39 is 0 Å². The minimum Gasteiger partial charge on any atom is -0.303 e. The Hall–Kier alpha value is -1.93. The van der Waals surface area contributed by atoms with Crippen LogP contribution < -0.4 is 5.32 Å². The van der Waals surface area contributed by atoms with Gasteiger partial charge in [0, 0.05) is 12.1 Å². The lowest BCUT2D eigenvalue weighted by molar-refractivity contribution is 0.0938. The summed E-state index contributed by atoms with van der Waals surface area (Å²) in [5.74, 6) is 0.200. The highest BCUT2D eigenvalue weighted by Crippen LogP contribution is 2.19. The molecule has 2 nitrogen and oxygen atoms in total. The van der Waals surface area contributed by atoms with Crippen LogP contribution in [0.5, 0.6) is 0 Å². The van der Waals surface area contributed by atoms with Crippen molar-refractivity contribution in [1.29, 1.82) is 0 Å². The summed E-state index contributed by atoms with van der Waals surface area (Å²) in [5, 5.41) is 3.36. The third kappa shape index (κ3) is 2.52. The van der Waals surface area contributed by atoms with Crippen LogP contribution in [0.4, 0.5) is 0 Å².